The summed E-state index contributed by atoms with van der Waals surface area (Å²) in [5.74, 6) is 1.20. The van der Waals surface area contributed by atoms with Gasteiger partial charge in [0, 0.05) is 6.54 Å². The maximum Gasteiger partial charge on any atom is 0.119 e. The first-order valence-corrected chi connectivity index (χ1v) is 10.0. The Labute approximate surface area is 173 Å². The largest absolute Gasteiger partial charge is 0.508 e. The third-order valence-corrected chi connectivity index (χ3v) is 4.79. The van der Waals surface area contributed by atoms with Gasteiger partial charge in [0.2, 0.25) is 0 Å². The third-order valence-electron chi connectivity index (χ3n) is 4.79. The number of phenolic OH excluding ortho intramolecular Hbond substituents is 1. The number of ether oxygens (including phenoxy) is 1. The molecule has 0 radical (unpaired) electrons. The van der Waals surface area contributed by atoms with E-state index in [2.05, 4.69) is 59.5 Å². The van der Waals surface area contributed by atoms with Crippen LogP contribution in [0.3, 0.4) is 0 Å². The van der Waals surface area contributed by atoms with Crippen molar-refractivity contribution in [3.05, 3.63) is 95.6 Å². The molecule has 0 saturated heterocycles. The summed E-state index contributed by atoms with van der Waals surface area (Å²) in [5.41, 5.74) is 4.88. The number of nitrogens with zero attached hydrogens (tertiary/aromatic N) is 1. The van der Waals surface area contributed by atoms with E-state index in [1.807, 2.05) is 32.3 Å². The number of hydrogen-bond acceptors (Lipinski definition) is 3. The zero-order chi connectivity index (χ0) is 20.5. The molecule has 0 heterocycles. The van der Waals surface area contributed by atoms with Crippen molar-refractivity contribution in [2.24, 2.45) is 0 Å². The standard InChI is InChI=1S/C26H29NO2/c1-27(2)18-19-29-26-16-11-21(12-17-26)8-13-24(23-6-4-3-5-7-23)20-22-9-14-25(28)15-10-22/h3-7,9-12,14-17,20,28H,8,13,18-19H2,1-2H3. The van der Waals surface area contributed by atoms with E-state index in [0.29, 0.717) is 6.61 Å². The molecule has 3 heteroatoms. The first-order chi connectivity index (χ1) is 14.1. The number of phenols is 1. The Morgan fingerprint density at radius 3 is 2.24 bits per heavy atom. The van der Waals surface area contributed by atoms with E-state index in [1.165, 1.54) is 16.7 Å². The Hall–Kier alpha value is -3.04. The zero-order valence-electron chi connectivity index (χ0n) is 17.2. The minimum Gasteiger partial charge on any atom is -0.508 e. The van der Waals surface area contributed by atoms with Gasteiger partial charge in [-0.2, -0.15) is 0 Å². The minimum atomic E-state index is 0.288. The van der Waals surface area contributed by atoms with Crippen LogP contribution in [0.4, 0.5) is 0 Å². The van der Waals surface area contributed by atoms with Gasteiger partial charge in [0.15, 0.2) is 0 Å². The van der Waals surface area contributed by atoms with Gasteiger partial charge in [-0.3, -0.25) is 0 Å². The molecule has 3 rings (SSSR count). The highest BCUT2D eigenvalue weighted by Crippen LogP contribution is 2.25. The van der Waals surface area contributed by atoms with E-state index in [0.717, 1.165) is 30.7 Å². The van der Waals surface area contributed by atoms with Crippen LogP contribution in [-0.4, -0.2) is 37.3 Å². The van der Waals surface area contributed by atoms with Crippen molar-refractivity contribution in [1.29, 1.82) is 0 Å². The molecule has 0 aliphatic carbocycles. The molecule has 0 unspecified atom stereocenters. The molecule has 3 aromatic carbocycles. The summed E-state index contributed by atoms with van der Waals surface area (Å²) in [4.78, 5) is 2.11. The van der Waals surface area contributed by atoms with Crippen molar-refractivity contribution in [2.75, 3.05) is 27.2 Å². The molecule has 3 nitrogen and oxygen atoms in total. The Morgan fingerprint density at radius 1 is 0.897 bits per heavy atom. The van der Waals surface area contributed by atoms with Crippen LogP contribution in [0.5, 0.6) is 11.5 Å². The molecule has 0 atom stereocenters. The van der Waals surface area contributed by atoms with Crippen LogP contribution >= 0.6 is 0 Å². The summed E-state index contributed by atoms with van der Waals surface area (Å²) < 4.78 is 5.78. The molecule has 0 amide bonds. The van der Waals surface area contributed by atoms with Crippen LogP contribution in [-0.2, 0) is 6.42 Å². The van der Waals surface area contributed by atoms with E-state index in [1.54, 1.807) is 12.1 Å². The lowest BCUT2D eigenvalue weighted by Gasteiger charge is -2.12. The second-order valence-electron chi connectivity index (χ2n) is 7.42. The number of aryl methyl sites for hydroxylation is 1. The van der Waals surface area contributed by atoms with Crippen LogP contribution in [0.25, 0.3) is 11.6 Å². The van der Waals surface area contributed by atoms with E-state index in [-0.39, 0.29) is 5.75 Å². The average Bonchev–Trinajstić information content (AvgIpc) is 2.74. The molecule has 1 N–H and O–H groups in total. The van der Waals surface area contributed by atoms with Crippen molar-refractivity contribution < 1.29 is 9.84 Å². The number of likely N-dealkylation sites (N-methyl/N-ethyl adjacent to an activating group) is 1. The maximum atomic E-state index is 9.53. The summed E-state index contributed by atoms with van der Waals surface area (Å²) in [5, 5.41) is 9.53. The van der Waals surface area contributed by atoms with Gasteiger partial charge in [-0.05, 0) is 73.5 Å². The highest BCUT2D eigenvalue weighted by Gasteiger charge is 2.04. The first kappa shape index (κ1) is 20.7. The number of rotatable bonds is 9. The fraction of sp³-hybridized carbons (Fsp3) is 0.231. The summed E-state index contributed by atoms with van der Waals surface area (Å²) in [6.07, 6.45) is 4.09. The molecule has 0 aromatic heterocycles. The van der Waals surface area contributed by atoms with Gasteiger partial charge in [0.25, 0.3) is 0 Å². The molecule has 150 valence electrons. The zero-order valence-corrected chi connectivity index (χ0v) is 17.2. The van der Waals surface area contributed by atoms with Gasteiger partial charge in [-0.15, -0.1) is 0 Å². The Balaban J connectivity index is 1.68. The fourth-order valence-corrected chi connectivity index (χ4v) is 3.10. The quantitative estimate of drug-likeness (QED) is 0.492. The predicted molar refractivity (Wildman–Crippen MR) is 121 cm³/mol. The molecule has 0 fully saturated rings. The molecular formula is C26H29NO2. The molecule has 3 aromatic rings. The van der Waals surface area contributed by atoms with Gasteiger partial charge < -0.3 is 14.7 Å². The van der Waals surface area contributed by atoms with Crippen molar-refractivity contribution in [3.8, 4) is 11.5 Å². The highest BCUT2D eigenvalue weighted by atomic mass is 16.5. The average molecular weight is 388 g/mol. The molecule has 29 heavy (non-hydrogen) atoms. The molecule has 0 saturated carbocycles. The maximum absolute atomic E-state index is 9.53. The summed E-state index contributed by atoms with van der Waals surface area (Å²) in [6.45, 7) is 1.60. The molecule has 0 spiro atoms. The number of allylic oxidation sites excluding steroid dienone is 1. The second kappa shape index (κ2) is 10.5. The van der Waals surface area contributed by atoms with Crippen molar-refractivity contribution in [3.63, 3.8) is 0 Å². The van der Waals surface area contributed by atoms with Crippen molar-refractivity contribution in [1.82, 2.24) is 4.90 Å². The van der Waals surface area contributed by atoms with Gasteiger partial charge in [-0.1, -0.05) is 60.7 Å². The summed E-state index contributed by atoms with van der Waals surface area (Å²) >= 11 is 0. The first-order valence-electron chi connectivity index (χ1n) is 10.0. The van der Waals surface area contributed by atoms with E-state index >= 15 is 0 Å². The summed E-state index contributed by atoms with van der Waals surface area (Å²) in [6, 6.07) is 26.2. The van der Waals surface area contributed by atoms with Crippen LogP contribution in [0.2, 0.25) is 0 Å². The number of hydrogen-bond donors (Lipinski definition) is 1. The fourth-order valence-electron chi connectivity index (χ4n) is 3.10. The number of benzene rings is 3. The lowest BCUT2D eigenvalue weighted by atomic mass is 9.96. The van der Waals surface area contributed by atoms with Crippen molar-refractivity contribution >= 4 is 11.6 Å². The van der Waals surface area contributed by atoms with Gasteiger partial charge in [-0.25, -0.2) is 0 Å². The number of aromatic hydroxyl groups is 1. The molecular weight excluding hydrogens is 358 g/mol. The van der Waals surface area contributed by atoms with Crippen LogP contribution in [0.1, 0.15) is 23.1 Å². The topological polar surface area (TPSA) is 32.7 Å². The normalized spacial score (nSPS) is 11.6. The Morgan fingerprint density at radius 2 is 1.59 bits per heavy atom. The van der Waals surface area contributed by atoms with Gasteiger partial charge in [0.1, 0.15) is 18.1 Å². The predicted octanol–water partition coefficient (Wildman–Crippen LogP) is 5.51. The lowest BCUT2D eigenvalue weighted by molar-refractivity contribution is 0.261. The third kappa shape index (κ3) is 6.81. The van der Waals surface area contributed by atoms with Crippen LogP contribution < -0.4 is 4.74 Å². The van der Waals surface area contributed by atoms with E-state index in [4.69, 9.17) is 4.74 Å². The Kier molecular flexibility index (Phi) is 7.48. The molecule has 0 aliphatic rings. The molecule has 0 aliphatic heterocycles. The van der Waals surface area contributed by atoms with E-state index < -0.39 is 0 Å². The minimum absolute atomic E-state index is 0.288. The highest BCUT2D eigenvalue weighted by molar-refractivity contribution is 5.81. The van der Waals surface area contributed by atoms with E-state index in [9.17, 15) is 5.11 Å². The van der Waals surface area contributed by atoms with Crippen molar-refractivity contribution in [2.45, 2.75) is 12.8 Å². The molecule has 0 bridgehead atoms. The monoisotopic (exact) mass is 387 g/mol. The van der Waals surface area contributed by atoms with Crippen LogP contribution in [0, 0.1) is 0 Å². The summed E-state index contributed by atoms with van der Waals surface area (Å²) in [7, 11) is 4.09. The SMILES string of the molecule is CN(C)CCOc1ccc(CCC(=Cc2ccc(O)cc2)c2ccccc2)cc1. The van der Waals surface area contributed by atoms with Gasteiger partial charge >= 0.3 is 0 Å². The van der Waals surface area contributed by atoms with Crippen LogP contribution in [0.15, 0.2) is 78.9 Å². The Bertz CT molecular complexity index is 898. The second-order valence-corrected chi connectivity index (χ2v) is 7.42. The van der Waals surface area contributed by atoms with Gasteiger partial charge in [0.05, 0.1) is 0 Å². The smallest absolute Gasteiger partial charge is 0.119 e. The lowest BCUT2D eigenvalue weighted by Crippen LogP contribution is -2.19.